The van der Waals surface area contributed by atoms with Crippen molar-refractivity contribution in [3.05, 3.63) is 59.7 Å². The lowest BCUT2D eigenvalue weighted by Crippen LogP contribution is -2.44. The number of hydrogen-bond acceptors (Lipinski definition) is 5. The number of urea groups is 1. The van der Waals surface area contributed by atoms with E-state index in [-0.39, 0.29) is 6.04 Å². The number of nitrogens with one attached hydrogen (secondary N) is 2. The Morgan fingerprint density at radius 2 is 1.61 bits per heavy atom. The third-order valence-electron chi connectivity index (χ3n) is 4.50. The Kier molecular flexibility index (Phi) is 5.93. The van der Waals surface area contributed by atoms with E-state index in [2.05, 4.69) is 10.6 Å². The average molecular weight is 382 g/mol. The molecule has 3 rings (SSSR count). The van der Waals surface area contributed by atoms with E-state index in [9.17, 15) is 14.4 Å². The Morgan fingerprint density at radius 1 is 1.04 bits per heavy atom. The van der Waals surface area contributed by atoms with Crippen molar-refractivity contribution < 1.29 is 23.9 Å². The highest BCUT2D eigenvalue weighted by molar-refractivity contribution is 5.96. The van der Waals surface area contributed by atoms with Crippen molar-refractivity contribution >= 4 is 17.9 Å². The number of para-hydroxylation sites is 2. The van der Waals surface area contributed by atoms with Gasteiger partial charge < -0.3 is 14.8 Å². The minimum atomic E-state index is -0.706. The molecule has 0 fully saturated rings. The van der Waals surface area contributed by atoms with E-state index >= 15 is 0 Å². The van der Waals surface area contributed by atoms with Gasteiger partial charge in [0.1, 0.15) is 17.4 Å². The van der Waals surface area contributed by atoms with Crippen LogP contribution in [0.15, 0.2) is 48.5 Å². The van der Waals surface area contributed by atoms with Gasteiger partial charge in [0, 0.05) is 17.2 Å². The highest BCUT2D eigenvalue weighted by atomic mass is 16.5. The molecule has 2 aromatic rings. The molecule has 0 aromatic heterocycles. The van der Waals surface area contributed by atoms with Gasteiger partial charge in [0.15, 0.2) is 6.61 Å². The Morgan fingerprint density at radius 3 is 2.18 bits per heavy atom. The van der Waals surface area contributed by atoms with Crippen molar-refractivity contribution in [1.29, 1.82) is 0 Å². The molecule has 2 aromatic carbocycles. The number of benzene rings is 2. The summed E-state index contributed by atoms with van der Waals surface area (Å²) in [6.45, 7) is 3.19. The third-order valence-corrected chi connectivity index (χ3v) is 4.50. The van der Waals surface area contributed by atoms with Crippen LogP contribution in [-0.4, -0.2) is 30.6 Å². The molecule has 1 atom stereocenters. The number of esters is 1. The highest BCUT2D eigenvalue weighted by Crippen LogP contribution is 2.44. The van der Waals surface area contributed by atoms with Crippen LogP contribution < -0.4 is 15.4 Å². The van der Waals surface area contributed by atoms with Gasteiger partial charge in [-0.15, -0.1) is 0 Å². The molecule has 1 aliphatic rings. The molecule has 28 heavy (non-hydrogen) atoms. The summed E-state index contributed by atoms with van der Waals surface area (Å²) in [6, 6.07) is 13.7. The minimum absolute atomic E-state index is 0.0643. The van der Waals surface area contributed by atoms with E-state index in [4.69, 9.17) is 9.47 Å². The van der Waals surface area contributed by atoms with E-state index < -0.39 is 30.4 Å². The minimum Gasteiger partial charge on any atom is -0.457 e. The van der Waals surface area contributed by atoms with E-state index in [0.717, 1.165) is 6.42 Å². The Labute approximate surface area is 163 Å². The van der Waals surface area contributed by atoms with Crippen molar-refractivity contribution in [2.24, 2.45) is 0 Å². The Hall–Kier alpha value is -3.35. The summed E-state index contributed by atoms with van der Waals surface area (Å²) in [6.07, 6.45) is 0.735. The summed E-state index contributed by atoms with van der Waals surface area (Å²) in [5.41, 5.74) is 1.34. The average Bonchev–Trinajstić information content (AvgIpc) is 2.69. The monoisotopic (exact) mass is 382 g/mol. The molecule has 1 aliphatic heterocycles. The fourth-order valence-electron chi connectivity index (χ4n) is 2.91. The molecule has 0 saturated heterocycles. The molecule has 0 bridgehead atoms. The normalized spacial score (nSPS) is 13.4. The summed E-state index contributed by atoms with van der Waals surface area (Å²) in [7, 11) is 0. The largest absolute Gasteiger partial charge is 0.457 e. The van der Waals surface area contributed by atoms with Crippen LogP contribution in [0.5, 0.6) is 11.5 Å². The lowest BCUT2D eigenvalue weighted by Gasteiger charge is -2.26. The maximum absolute atomic E-state index is 12.8. The summed E-state index contributed by atoms with van der Waals surface area (Å²) >= 11 is 0. The molecule has 0 radical (unpaired) electrons. The number of ether oxygens (including phenoxy) is 2. The van der Waals surface area contributed by atoms with E-state index in [1.165, 1.54) is 0 Å². The van der Waals surface area contributed by atoms with Gasteiger partial charge in [0.2, 0.25) is 0 Å². The van der Waals surface area contributed by atoms with Crippen molar-refractivity contribution in [1.82, 2.24) is 10.6 Å². The molecular formula is C21H22N2O5. The fourth-order valence-corrected chi connectivity index (χ4v) is 2.91. The highest BCUT2D eigenvalue weighted by Gasteiger charge is 2.33. The number of imide groups is 1. The second kappa shape index (κ2) is 8.56. The van der Waals surface area contributed by atoms with Crippen LogP contribution in [0.3, 0.4) is 0 Å². The smallest absolute Gasteiger partial charge is 0.321 e. The van der Waals surface area contributed by atoms with Crippen LogP contribution in [0.25, 0.3) is 0 Å². The van der Waals surface area contributed by atoms with E-state index in [1.807, 2.05) is 38.1 Å². The second-order valence-corrected chi connectivity index (χ2v) is 6.55. The van der Waals surface area contributed by atoms with Gasteiger partial charge in [-0.05, 0) is 25.5 Å². The van der Waals surface area contributed by atoms with Crippen LogP contribution in [0.1, 0.15) is 37.3 Å². The van der Waals surface area contributed by atoms with Gasteiger partial charge in [-0.1, -0.05) is 43.3 Å². The number of carbonyl (C=O) groups is 3. The maximum Gasteiger partial charge on any atom is 0.321 e. The molecule has 0 saturated carbocycles. The SMILES string of the molecule is CC[C@@H](C)NC(=O)NC(=O)COC(=O)C1c2ccccc2Oc2ccccc21. The summed E-state index contributed by atoms with van der Waals surface area (Å²) in [5.74, 6) is -0.840. The van der Waals surface area contributed by atoms with Gasteiger partial charge in [0.25, 0.3) is 5.91 Å². The van der Waals surface area contributed by atoms with Gasteiger partial charge in [0.05, 0.1) is 0 Å². The Balaban J connectivity index is 1.68. The summed E-state index contributed by atoms with van der Waals surface area (Å²) in [4.78, 5) is 36.4. The lowest BCUT2D eigenvalue weighted by molar-refractivity contribution is -0.149. The van der Waals surface area contributed by atoms with Crippen LogP contribution in [0.2, 0.25) is 0 Å². The molecule has 2 N–H and O–H groups in total. The first-order valence-corrected chi connectivity index (χ1v) is 9.12. The van der Waals surface area contributed by atoms with Gasteiger partial charge in [-0.2, -0.15) is 0 Å². The van der Waals surface area contributed by atoms with Crippen molar-refractivity contribution in [2.75, 3.05) is 6.61 Å². The zero-order valence-corrected chi connectivity index (χ0v) is 15.7. The quantitative estimate of drug-likeness (QED) is 0.775. The van der Waals surface area contributed by atoms with E-state index in [0.29, 0.717) is 22.6 Å². The molecule has 0 unspecified atom stereocenters. The van der Waals surface area contributed by atoms with Crippen molar-refractivity contribution in [3.63, 3.8) is 0 Å². The van der Waals surface area contributed by atoms with Crippen molar-refractivity contribution in [3.8, 4) is 11.5 Å². The molecule has 146 valence electrons. The van der Waals surface area contributed by atoms with Crippen LogP contribution in [0.4, 0.5) is 4.79 Å². The van der Waals surface area contributed by atoms with Gasteiger partial charge in [-0.3, -0.25) is 14.9 Å². The predicted molar refractivity (Wildman–Crippen MR) is 102 cm³/mol. The summed E-state index contributed by atoms with van der Waals surface area (Å²) < 4.78 is 11.0. The number of carbonyl (C=O) groups excluding carboxylic acids is 3. The van der Waals surface area contributed by atoms with Gasteiger partial charge in [-0.25, -0.2) is 4.79 Å². The predicted octanol–water partition coefficient (Wildman–Crippen LogP) is 3.09. The maximum atomic E-state index is 12.8. The number of fused-ring (bicyclic) bond motifs is 2. The molecule has 0 aliphatic carbocycles. The topological polar surface area (TPSA) is 93.7 Å². The van der Waals surface area contributed by atoms with Crippen molar-refractivity contribution in [2.45, 2.75) is 32.2 Å². The van der Waals surface area contributed by atoms with Crippen LogP contribution >= 0.6 is 0 Å². The van der Waals surface area contributed by atoms with Gasteiger partial charge >= 0.3 is 12.0 Å². The zero-order chi connectivity index (χ0) is 20.1. The number of hydrogen-bond donors (Lipinski definition) is 2. The fraction of sp³-hybridized carbons (Fsp3) is 0.286. The first-order valence-electron chi connectivity index (χ1n) is 9.12. The molecule has 3 amide bonds. The number of amides is 3. The first-order chi connectivity index (χ1) is 13.5. The third kappa shape index (κ3) is 4.31. The van der Waals surface area contributed by atoms with Crippen LogP contribution in [-0.2, 0) is 14.3 Å². The molecule has 7 nitrogen and oxygen atoms in total. The molecule has 1 heterocycles. The number of rotatable bonds is 5. The molecule has 7 heteroatoms. The summed E-state index contributed by atoms with van der Waals surface area (Å²) in [5, 5.41) is 4.76. The first kappa shape index (κ1) is 19.4. The Bertz CT molecular complexity index is 850. The lowest BCUT2D eigenvalue weighted by atomic mass is 9.88. The standard InChI is InChI=1S/C21H22N2O5/c1-3-13(2)22-21(26)23-18(24)12-27-20(25)19-14-8-4-6-10-16(14)28-17-11-7-5-9-15(17)19/h4-11,13,19H,3,12H2,1-2H3,(H2,22,23,24,26)/t13-/m1/s1. The molecular weight excluding hydrogens is 360 g/mol. The molecule has 0 spiro atoms. The van der Waals surface area contributed by atoms with E-state index in [1.54, 1.807) is 24.3 Å². The zero-order valence-electron chi connectivity index (χ0n) is 15.7. The second-order valence-electron chi connectivity index (χ2n) is 6.55. The van der Waals surface area contributed by atoms with Crippen LogP contribution in [0, 0.1) is 0 Å².